The van der Waals surface area contributed by atoms with E-state index in [4.69, 9.17) is 4.74 Å². The molecule has 0 bridgehead atoms. The summed E-state index contributed by atoms with van der Waals surface area (Å²) in [7, 11) is 1.63. The molecule has 0 amide bonds. The fourth-order valence-corrected chi connectivity index (χ4v) is 1.95. The molecule has 1 unspecified atom stereocenters. The van der Waals surface area contributed by atoms with E-state index in [1.807, 2.05) is 19.1 Å². The van der Waals surface area contributed by atoms with Crippen molar-refractivity contribution in [2.24, 2.45) is 0 Å². The lowest BCUT2D eigenvalue weighted by Gasteiger charge is -2.15. The number of methoxy groups -OCH3 is 1. The number of nitrogens with one attached hydrogen (secondary N) is 1. The predicted octanol–water partition coefficient (Wildman–Crippen LogP) is 2.04. The fourth-order valence-electron chi connectivity index (χ4n) is 1.95. The van der Waals surface area contributed by atoms with Crippen molar-refractivity contribution in [3.8, 4) is 5.88 Å². The molecule has 0 aromatic carbocycles. The quantitative estimate of drug-likeness (QED) is 0.889. The molecule has 1 atom stereocenters. The van der Waals surface area contributed by atoms with Crippen molar-refractivity contribution in [1.29, 1.82) is 0 Å². The van der Waals surface area contributed by atoms with Gasteiger partial charge in [-0.2, -0.15) is 0 Å². The van der Waals surface area contributed by atoms with Crippen LogP contribution in [-0.2, 0) is 6.54 Å². The Labute approximate surface area is 113 Å². The molecule has 0 aliphatic carbocycles. The van der Waals surface area contributed by atoms with Crippen LogP contribution in [0.2, 0.25) is 0 Å². The van der Waals surface area contributed by atoms with E-state index in [1.54, 1.807) is 25.7 Å². The van der Waals surface area contributed by atoms with Gasteiger partial charge in [-0.3, -0.25) is 9.97 Å². The summed E-state index contributed by atoms with van der Waals surface area (Å²) in [6, 6.07) is 4.02. The van der Waals surface area contributed by atoms with E-state index < -0.39 is 0 Å². The van der Waals surface area contributed by atoms with Crippen LogP contribution in [0.1, 0.15) is 29.9 Å². The van der Waals surface area contributed by atoms with Gasteiger partial charge in [-0.15, -0.1) is 0 Å². The highest BCUT2D eigenvalue weighted by Gasteiger charge is 2.11. The zero-order valence-electron chi connectivity index (χ0n) is 11.4. The van der Waals surface area contributed by atoms with E-state index in [0.29, 0.717) is 12.4 Å². The van der Waals surface area contributed by atoms with Gasteiger partial charge < -0.3 is 10.1 Å². The number of ether oxygens (including phenoxy) is 1. The van der Waals surface area contributed by atoms with Gasteiger partial charge in [-0.25, -0.2) is 4.98 Å². The summed E-state index contributed by atoms with van der Waals surface area (Å²) < 4.78 is 5.23. The minimum Gasteiger partial charge on any atom is -0.481 e. The van der Waals surface area contributed by atoms with Crippen LogP contribution in [0.3, 0.4) is 0 Å². The molecule has 0 saturated carbocycles. The summed E-state index contributed by atoms with van der Waals surface area (Å²) in [5.74, 6) is 0.651. The smallest absolute Gasteiger partial charge is 0.217 e. The van der Waals surface area contributed by atoms with Gasteiger partial charge in [0.2, 0.25) is 5.88 Å². The van der Waals surface area contributed by atoms with E-state index in [0.717, 1.165) is 17.0 Å². The summed E-state index contributed by atoms with van der Waals surface area (Å²) in [5.41, 5.74) is 2.93. The highest BCUT2D eigenvalue weighted by atomic mass is 16.5. The molecule has 0 spiro atoms. The molecule has 5 heteroatoms. The number of nitrogens with zero attached hydrogens (tertiary/aromatic N) is 3. The Balaban J connectivity index is 2.04. The number of hydrogen-bond donors (Lipinski definition) is 1. The first kappa shape index (κ1) is 13.4. The monoisotopic (exact) mass is 258 g/mol. The van der Waals surface area contributed by atoms with Crippen LogP contribution >= 0.6 is 0 Å². The van der Waals surface area contributed by atoms with E-state index >= 15 is 0 Å². The van der Waals surface area contributed by atoms with E-state index in [9.17, 15) is 0 Å². The second-order valence-corrected chi connectivity index (χ2v) is 4.30. The largest absolute Gasteiger partial charge is 0.481 e. The molecule has 5 nitrogen and oxygen atoms in total. The van der Waals surface area contributed by atoms with Crippen molar-refractivity contribution >= 4 is 0 Å². The lowest BCUT2D eigenvalue weighted by molar-refractivity contribution is 0.389. The van der Waals surface area contributed by atoms with Gasteiger partial charge in [0, 0.05) is 36.7 Å². The zero-order valence-corrected chi connectivity index (χ0v) is 11.4. The van der Waals surface area contributed by atoms with Crippen LogP contribution in [-0.4, -0.2) is 22.1 Å². The fraction of sp³-hybridized carbons (Fsp3) is 0.357. The van der Waals surface area contributed by atoms with Crippen LogP contribution in [0.5, 0.6) is 5.88 Å². The van der Waals surface area contributed by atoms with E-state index in [1.165, 1.54) is 0 Å². The number of rotatable bonds is 5. The summed E-state index contributed by atoms with van der Waals surface area (Å²) in [6.07, 6.45) is 5.14. The molecule has 2 aromatic heterocycles. The Kier molecular flexibility index (Phi) is 4.41. The average Bonchev–Trinajstić information content (AvgIpc) is 2.45. The van der Waals surface area contributed by atoms with Crippen molar-refractivity contribution in [1.82, 2.24) is 20.3 Å². The third kappa shape index (κ3) is 3.26. The molecule has 0 radical (unpaired) electrons. The Bertz CT molecular complexity index is 544. The van der Waals surface area contributed by atoms with E-state index in [-0.39, 0.29) is 6.04 Å². The van der Waals surface area contributed by atoms with Crippen molar-refractivity contribution in [3.63, 3.8) is 0 Å². The normalized spacial score (nSPS) is 12.2. The van der Waals surface area contributed by atoms with Gasteiger partial charge in [0.05, 0.1) is 18.5 Å². The van der Waals surface area contributed by atoms with Crippen LogP contribution in [0.15, 0.2) is 30.7 Å². The van der Waals surface area contributed by atoms with Gasteiger partial charge in [0.15, 0.2) is 0 Å². The van der Waals surface area contributed by atoms with Crippen LogP contribution < -0.4 is 10.1 Å². The SMILES string of the molecule is COc1ncccc1CNC(C)c1nccnc1C. The summed E-state index contributed by atoms with van der Waals surface area (Å²) >= 11 is 0. The Morgan fingerprint density at radius 1 is 1.21 bits per heavy atom. The third-order valence-electron chi connectivity index (χ3n) is 2.97. The minimum atomic E-state index is 0.124. The van der Waals surface area contributed by atoms with Crippen molar-refractivity contribution < 1.29 is 4.74 Å². The standard InChI is InChI=1S/C14H18N4O/c1-10-13(16-8-7-15-10)11(2)18-9-12-5-4-6-17-14(12)19-3/h4-8,11,18H,9H2,1-3H3. The maximum Gasteiger partial charge on any atom is 0.217 e. The van der Waals surface area contributed by atoms with Gasteiger partial charge in [0.25, 0.3) is 0 Å². The number of hydrogen-bond acceptors (Lipinski definition) is 5. The second kappa shape index (κ2) is 6.24. The minimum absolute atomic E-state index is 0.124. The number of pyridine rings is 1. The van der Waals surface area contributed by atoms with Crippen molar-refractivity contribution in [3.05, 3.63) is 47.7 Å². The molecule has 0 saturated heterocycles. The highest BCUT2D eigenvalue weighted by molar-refractivity contribution is 5.25. The Hall–Kier alpha value is -2.01. The highest BCUT2D eigenvalue weighted by Crippen LogP contribution is 2.16. The van der Waals surface area contributed by atoms with Crippen LogP contribution in [0, 0.1) is 6.92 Å². The molecule has 2 heterocycles. The zero-order chi connectivity index (χ0) is 13.7. The topological polar surface area (TPSA) is 59.9 Å². The second-order valence-electron chi connectivity index (χ2n) is 4.30. The lowest BCUT2D eigenvalue weighted by Crippen LogP contribution is -2.20. The number of aryl methyl sites for hydroxylation is 1. The first-order valence-corrected chi connectivity index (χ1v) is 6.21. The van der Waals surface area contributed by atoms with Gasteiger partial charge in [-0.05, 0) is 19.9 Å². The molecule has 1 N–H and O–H groups in total. The van der Waals surface area contributed by atoms with Gasteiger partial charge in [-0.1, -0.05) is 6.07 Å². The summed E-state index contributed by atoms with van der Waals surface area (Å²) in [5, 5.41) is 3.41. The molecule has 2 aromatic rings. The average molecular weight is 258 g/mol. The Morgan fingerprint density at radius 3 is 2.74 bits per heavy atom. The van der Waals surface area contributed by atoms with Gasteiger partial charge in [0.1, 0.15) is 0 Å². The molecule has 0 aliphatic heterocycles. The molecular weight excluding hydrogens is 240 g/mol. The van der Waals surface area contributed by atoms with Crippen LogP contribution in [0.4, 0.5) is 0 Å². The van der Waals surface area contributed by atoms with Gasteiger partial charge >= 0.3 is 0 Å². The predicted molar refractivity (Wildman–Crippen MR) is 72.8 cm³/mol. The molecular formula is C14H18N4O. The molecule has 0 fully saturated rings. The van der Waals surface area contributed by atoms with E-state index in [2.05, 4.69) is 27.2 Å². The summed E-state index contributed by atoms with van der Waals surface area (Å²) in [6.45, 7) is 4.71. The van der Waals surface area contributed by atoms with Crippen molar-refractivity contribution in [2.75, 3.05) is 7.11 Å². The molecule has 100 valence electrons. The maximum absolute atomic E-state index is 5.23. The summed E-state index contributed by atoms with van der Waals surface area (Å²) in [4.78, 5) is 12.8. The third-order valence-corrected chi connectivity index (χ3v) is 2.97. The molecule has 2 rings (SSSR count). The van der Waals surface area contributed by atoms with Crippen LogP contribution in [0.25, 0.3) is 0 Å². The van der Waals surface area contributed by atoms with Crippen molar-refractivity contribution in [2.45, 2.75) is 26.4 Å². The lowest BCUT2D eigenvalue weighted by atomic mass is 10.1. The first-order chi connectivity index (χ1) is 9.22. The molecule has 19 heavy (non-hydrogen) atoms. The number of aromatic nitrogens is 3. The molecule has 0 aliphatic rings. The first-order valence-electron chi connectivity index (χ1n) is 6.21. The Morgan fingerprint density at radius 2 is 2.00 bits per heavy atom. The maximum atomic E-state index is 5.23.